The van der Waals surface area contributed by atoms with E-state index in [-0.39, 0.29) is 28.6 Å². The van der Waals surface area contributed by atoms with Crippen LogP contribution in [-0.2, 0) is 4.79 Å². The third kappa shape index (κ3) is 3.86. The molecule has 30 heavy (non-hydrogen) atoms. The summed E-state index contributed by atoms with van der Waals surface area (Å²) in [5.41, 5.74) is 1.85. The number of carbonyl (C=O) groups is 2. The Morgan fingerprint density at radius 3 is 2.77 bits per heavy atom. The number of aromatic nitrogens is 1. The zero-order chi connectivity index (χ0) is 20.9. The Labute approximate surface area is 172 Å². The molecule has 0 aliphatic heterocycles. The number of amides is 1. The second-order valence-electron chi connectivity index (χ2n) is 6.73. The second-order valence-corrected chi connectivity index (χ2v) is 6.73. The van der Waals surface area contributed by atoms with E-state index in [9.17, 15) is 14.7 Å². The maximum atomic E-state index is 12.8. The molecule has 0 radical (unpaired) electrons. The first-order valence-corrected chi connectivity index (χ1v) is 9.34. The van der Waals surface area contributed by atoms with Crippen molar-refractivity contribution in [1.29, 1.82) is 0 Å². The predicted octanol–water partition coefficient (Wildman–Crippen LogP) is 4.48. The summed E-state index contributed by atoms with van der Waals surface area (Å²) < 4.78 is 0. The van der Waals surface area contributed by atoms with Gasteiger partial charge in [0, 0.05) is 17.8 Å². The number of carbonyl (C=O) groups excluding carboxylic acids is 2. The second kappa shape index (κ2) is 8.48. The van der Waals surface area contributed by atoms with Gasteiger partial charge in [0.2, 0.25) is 0 Å². The lowest BCUT2D eigenvalue weighted by Crippen LogP contribution is -2.29. The van der Waals surface area contributed by atoms with Crippen LogP contribution in [-0.4, -0.2) is 28.3 Å². The number of nitrogens with zero attached hydrogens (tertiary/aromatic N) is 3. The van der Waals surface area contributed by atoms with Gasteiger partial charge in [-0.05, 0) is 35.9 Å². The normalized spacial score (nSPS) is 20.1. The monoisotopic (exact) mass is 398 g/mol. The number of fused-ring (bicyclic) bond motifs is 1. The van der Waals surface area contributed by atoms with Crippen molar-refractivity contribution in [2.75, 3.05) is 5.32 Å². The predicted molar refractivity (Wildman–Crippen MR) is 113 cm³/mol. The molecule has 0 saturated heterocycles. The number of hydrogen-bond acceptors (Lipinski definition) is 6. The van der Waals surface area contributed by atoms with Crippen LogP contribution in [0, 0.1) is 5.92 Å². The van der Waals surface area contributed by atoms with Crippen molar-refractivity contribution >= 4 is 23.7 Å². The first-order chi connectivity index (χ1) is 14.7. The van der Waals surface area contributed by atoms with E-state index in [1.54, 1.807) is 30.3 Å². The van der Waals surface area contributed by atoms with Gasteiger partial charge in [0.25, 0.3) is 5.91 Å². The van der Waals surface area contributed by atoms with Crippen LogP contribution < -0.4 is 5.32 Å². The van der Waals surface area contributed by atoms with Crippen LogP contribution in [0.3, 0.4) is 0 Å². The molecular weight excluding hydrogens is 380 g/mol. The van der Waals surface area contributed by atoms with Gasteiger partial charge in [-0.2, -0.15) is 5.11 Å². The average Bonchev–Trinajstić information content (AvgIpc) is 2.79. The number of benzene rings is 1. The minimum atomic E-state index is -0.816. The van der Waals surface area contributed by atoms with E-state index < -0.39 is 11.9 Å². The maximum absolute atomic E-state index is 12.8. The van der Waals surface area contributed by atoms with Crippen LogP contribution in [0.25, 0.3) is 0 Å². The van der Waals surface area contributed by atoms with Crippen molar-refractivity contribution in [1.82, 2.24) is 4.98 Å². The number of anilines is 1. The van der Waals surface area contributed by atoms with Gasteiger partial charge < -0.3 is 10.4 Å². The Morgan fingerprint density at radius 2 is 1.97 bits per heavy atom. The number of aliphatic hydroxyl groups is 1. The highest BCUT2D eigenvalue weighted by Gasteiger charge is 2.34. The molecule has 148 valence electrons. The molecule has 4 rings (SSSR count). The summed E-state index contributed by atoms with van der Waals surface area (Å²) in [4.78, 5) is 28.1. The van der Waals surface area contributed by atoms with E-state index >= 15 is 0 Å². The van der Waals surface area contributed by atoms with Crippen LogP contribution >= 0.6 is 0 Å². The molecule has 0 spiro atoms. The van der Waals surface area contributed by atoms with Crippen molar-refractivity contribution in [2.24, 2.45) is 16.1 Å². The van der Waals surface area contributed by atoms with Gasteiger partial charge in [-0.1, -0.05) is 42.5 Å². The van der Waals surface area contributed by atoms with E-state index in [1.807, 2.05) is 42.5 Å². The molecule has 7 heteroatoms. The summed E-state index contributed by atoms with van der Waals surface area (Å²) in [6.07, 6.45) is 11.3. The molecule has 1 amide bonds. The summed E-state index contributed by atoms with van der Waals surface area (Å²) in [5.74, 6) is -0.763. The van der Waals surface area contributed by atoms with Crippen molar-refractivity contribution in [3.05, 3.63) is 102 Å². The fourth-order valence-electron chi connectivity index (χ4n) is 3.30. The molecule has 2 unspecified atom stereocenters. The van der Waals surface area contributed by atoms with Crippen LogP contribution in [0.15, 0.2) is 106 Å². The Hall–Kier alpha value is -4.13. The lowest BCUT2D eigenvalue weighted by Gasteiger charge is -2.28. The van der Waals surface area contributed by atoms with Gasteiger partial charge in [0.1, 0.15) is 11.8 Å². The first kappa shape index (κ1) is 19.2. The van der Waals surface area contributed by atoms with Gasteiger partial charge in [-0.25, -0.2) is 4.98 Å². The molecule has 0 fully saturated rings. The fraction of sp³-hybridized carbons (Fsp3) is 0.0870. The minimum Gasteiger partial charge on any atom is -0.509 e. The third-order valence-corrected chi connectivity index (χ3v) is 4.81. The number of nitrogens with one attached hydrogen (secondary N) is 1. The lowest BCUT2D eigenvalue weighted by atomic mass is 9.81. The summed E-state index contributed by atoms with van der Waals surface area (Å²) in [6, 6.07) is 11.4. The smallest absolute Gasteiger partial charge is 0.259 e. The molecule has 2 N–H and O–H groups in total. The molecular formula is C23H18N4O3. The average molecular weight is 398 g/mol. The topological polar surface area (TPSA) is 104 Å². The molecule has 2 aliphatic carbocycles. The zero-order valence-electron chi connectivity index (χ0n) is 15.8. The Morgan fingerprint density at radius 1 is 1.13 bits per heavy atom. The fourth-order valence-corrected chi connectivity index (χ4v) is 3.30. The highest BCUT2D eigenvalue weighted by Crippen LogP contribution is 2.35. The van der Waals surface area contributed by atoms with Crippen LogP contribution in [0.1, 0.15) is 10.4 Å². The van der Waals surface area contributed by atoms with E-state index in [2.05, 4.69) is 20.5 Å². The maximum Gasteiger partial charge on any atom is 0.259 e. The molecule has 1 aromatic heterocycles. The quantitative estimate of drug-likeness (QED) is 0.572. The van der Waals surface area contributed by atoms with Crippen molar-refractivity contribution in [3.8, 4) is 0 Å². The lowest BCUT2D eigenvalue weighted by molar-refractivity contribution is -0.112. The summed E-state index contributed by atoms with van der Waals surface area (Å²) >= 11 is 0. The number of hydrogen-bond donors (Lipinski definition) is 2. The number of allylic oxidation sites excluding steroid dienone is 3. The number of aliphatic hydroxyl groups excluding tert-OH is 1. The molecule has 7 nitrogen and oxygen atoms in total. The van der Waals surface area contributed by atoms with E-state index in [0.29, 0.717) is 12.0 Å². The van der Waals surface area contributed by atoms with Gasteiger partial charge in [0.05, 0.1) is 11.1 Å². The molecule has 1 aromatic carbocycles. The molecule has 2 aromatic rings. The number of aldehydes is 1. The Kier molecular flexibility index (Phi) is 5.43. The van der Waals surface area contributed by atoms with Crippen molar-refractivity contribution in [2.45, 2.75) is 6.04 Å². The molecule has 0 saturated carbocycles. The van der Waals surface area contributed by atoms with Crippen molar-refractivity contribution < 1.29 is 14.7 Å². The number of para-hydroxylation sites is 1. The highest BCUT2D eigenvalue weighted by molar-refractivity contribution is 6.06. The number of pyridine rings is 1. The van der Waals surface area contributed by atoms with Crippen molar-refractivity contribution in [3.63, 3.8) is 0 Å². The number of rotatable bonds is 5. The Bertz CT molecular complexity index is 1130. The van der Waals surface area contributed by atoms with E-state index in [4.69, 9.17) is 0 Å². The third-order valence-electron chi connectivity index (χ3n) is 4.81. The summed E-state index contributed by atoms with van der Waals surface area (Å²) in [6.45, 7) is 0. The summed E-state index contributed by atoms with van der Waals surface area (Å²) in [7, 11) is 0. The SMILES string of the molecule is O=Cc1cccnc1N=NC1C(O)=C(C(=O)Nc2ccccc2)C=C2C=CC=CC21. The number of azo groups is 1. The molecule has 1 heterocycles. The van der Waals surface area contributed by atoms with Gasteiger partial charge >= 0.3 is 0 Å². The van der Waals surface area contributed by atoms with Crippen LogP contribution in [0.4, 0.5) is 11.5 Å². The Balaban J connectivity index is 1.69. The largest absolute Gasteiger partial charge is 0.509 e. The molecule has 2 aliphatic rings. The zero-order valence-corrected chi connectivity index (χ0v) is 15.8. The molecule has 2 atom stereocenters. The van der Waals surface area contributed by atoms with E-state index in [1.165, 1.54) is 6.20 Å². The van der Waals surface area contributed by atoms with E-state index in [0.717, 1.165) is 5.57 Å². The van der Waals surface area contributed by atoms with Gasteiger partial charge in [0.15, 0.2) is 12.1 Å². The minimum absolute atomic E-state index is 0.116. The van der Waals surface area contributed by atoms with Gasteiger partial charge in [-0.15, -0.1) is 5.11 Å². The standard InChI is InChI=1S/C23H18N4O3/c28-14-16-8-6-12-24-22(16)27-26-20-18-11-5-4-7-15(18)13-19(21(20)29)23(30)25-17-9-2-1-3-10-17/h1-14,18,20,29H,(H,25,30). The highest BCUT2D eigenvalue weighted by atomic mass is 16.3. The first-order valence-electron chi connectivity index (χ1n) is 9.34. The summed E-state index contributed by atoms with van der Waals surface area (Å²) in [5, 5.41) is 22.0. The van der Waals surface area contributed by atoms with Gasteiger partial charge in [-0.3, -0.25) is 9.59 Å². The molecule has 0 bridgehead atoms. The van der Waals surface area contributed by atoms with Crippen LogP contribution in [0.2, 0.25) is 0 Å². The van der Waals surface area contributed by atoms with Crippen LogP contribution in [0.5, 0.6) is 0 Å².